The Labute approximate surface area is 150 Å². The number of alkyl halides is 3. The highest BCUT2D eigenvalue weighted by Gasteiger charge is 2.34. The first-order valence-corrected chi connectivity index (χ1v) is 8.21. The molecule has 0 saturated heterocycles. The van der Waals surface area contributed by atoms with Gasteiger partial charge in [0.25, 0.3) is 0 Å². The summed E-state index contributed by atoms with van der Waals surface area (Å²) in [5.74, 6) is -0.229. The van der Waals surface area contributed by atoms with Gasteiger partial charge in [-0.3, -0.25) is 4.79 Å². The predicted molar refractivity (Wildman–Crippen MR) is 97.2 cm³/mol. The maximum atomic E-state index is 12.2. The van der Waals surface area contributed by atoms with E-state index in [1.807, 2.05) is 61.5 Å². The van der Waals surface area contributed by atoms with Crippen molar-refractivity contribution in [3.05, 3.63) is 65.7 Å². The zero-order valence-electron chi connectivity index (χ0n) is 12.5. The minimum atomic E-state index is -1.68. The fourth-order valence-electron chi connectivity index (χ4n) is 2.09. The van der Waals surface area contributed by atoms with E-state index in [2.05, 4.69) is 10.6 Å². The van der Waals surface area contributed by atoms with Crippen molar-refractivity contribution in [2.75, 3.05) is 5.32 Å². The molecule has 0 bridgehead atoms. The minimum absolute atomic E-state index is 0.216. The van der Waals surface area contributed by atoms with E-state index in [-0.39, 0.29) is 12.3 Å². The molecule has 6 heteroatoms. The number of rotatable bonds is 5. The second-order valence-electron chi connectivity index (χ2n) is 5.22. The Hall–Kier alpha value is -1.42. The van der Waals surface area contributed by atoms with Gasteiger partial charge in [-0.05, 0) is 30.2 Å². The number of aryl methyl sites for hydroxylation is 1. The number of anilines is 1. The topological polar surface area (TPSA) is 41.1 Å². The Balaban J connectivity index is 2.05. The number of benzene rings is 2. The molecule has 0 radical (unpaired) electrons. The van der Waals surface area contributed by atoms with Gasteiger partial charge in [0, 0.05) is 5.69 Å². The summed E-state index contributed by atoms with van der Waals surface area (Å²) in [5, 5.41) is 5.78. The van der Waals surface area contributed by atoms with Gasteiger partial charge in [-0.1, -0.05) is 77.3 Å². The van der Waals surface area contributed by atoms with E-state index >= 15 is 0 Å². The normalized spacial score (nSPS) is 12.5. The third-order valence-electron chi connectivity index (χ3n) is 3.17. The lowest BCUT2D eigenvalue weighted by atomic mass is 10.1. The SMILES string of the molecule is Cc1cccc(N[C@H](NC(=O)Cc2ccccc2)C(Cl)(Cl)Cl)c1. The molecule has 122 valence electrons. The molecule has 2 N–H and O–H groups in total. The van der Waals surface area contributed by atoms with Gasteiger partial charge in [-0.25, -0.2) is 0 Å². The lowest BCUT2D eigenvalue weighted by Gasteiger charge is -2.27. The first-order chi connectivity index (χ1) is 10.8. The van der Waals surface area contributed by atoms with Crippen LogP contribution in [0.5, 0.6) is 0 Å². The van der Waals surface area contributed by atoms with Gasteiger partial charge in [0.2, 0.25) is 9.70 Å². The van der Waals surface area contributed by atoms with Crippen LogP contribution in [0.2, 0.25) is 0 Å². The highest BCUT2D eigenvalue weighted by atomic mass is 35.6. The quantitative estimate of drug-likeness (QED) is 0.602. The van der Waals surface area contributed by atoms with Gasteiger partial charge < -0.3 is 10.6 Å². The lowest BCUT2D eigenvalue weighted by Crippen LogP contribution is -2.49. The average molecular weight is 372 g/mol. The molecule has 0 spiro atoms. The Morgan fingerprint density at radius 3 is 2.39 bits per heavy atom. The smallest absolute Gasteiger partial charge is 0.228 e. The third kappa shape index (κ3) is 5.94. The Morgan fingerprint density at radius 2 is 1.78 bits per heavy atom. The summed E-state index contributed by atoms with van der Waals surface area (Å²) in [6.45, 7) is 1.96. The van der Waals surface area contributed by atoms with Crippen LogP contribution in [0.1, 0.15) is 11.1 Å². The van der Waals surface area contributed by atoms with Crippen molar-refractivity contribution in [2.24, 2.45) is 0 Å². The molecule has 0 aliphatic rings. The van der Waals surface area contributed by atoms with Crippen LogP contribution in [-0.2, 0) is 11.2 Å². The van der Waals surface area contributed by atoms with E-state index in [1.54, 1.807) is 0 Å². The molecule has 0 aliphatic carbocycles. The van der Waals surface area contributed by atoms with Crippen LogP contribution in [0.25, 0.3) is 0 Å². The second kappa shape index (κ2) is 7.91. The number of halogens is 3. The molecule has 0 aliphatic heterocycles. The van der Waals surface area contributed by atoms with E-state index < -0.39 is 9.96 Å². The molecule has 2 rings (SSSR count). The molecule has 2 aromatic rings. The number of hydrogen-bond acceptors (Lipinski definition) is 2. The second-order valence-corrected chi connectivity index (χ2v) is 7.59. The molecule has 1 amide bonds. The summed E-state index contributed by atoms with van der Waals surface area (Å²) < 4.78 is -1.68. The third-order valence-corrected chi connectivity index (χ3v) is 3.82. The molecule has 1 atom stereocenters. The monoisotopic (exact) mass is 370 g/mol. The van der Waals surface area contributed by atoms with Crippen LogP contribution in [0, 0.1) is 6.92 Å². The maximum absolute atomic E-state index is 12.2. The lowest BCUT2D eigenvalue weighted by molar-refractivity contribution is -0.120. The van der Waals surface area contributed by atoms with E-state index in [4.69, 9.17) is 34.8 Å². The highest BCUT2D eigenvalue weighted by molar-refractivity contribution is 6.68. The predicted octanol–water partition coefficient (Wildman–Crippen LogP) is 4.46. The van der Waals surface area contributed by atoms with Crippen LogP contribution in [0.15, 0.2) is 54.6 Å². The molecule has 0 aromatic heterocycles. The first kappa shape index (κ1) is 17.9. The summed E-state index contributed by atoms with van der Waals surface area (Å²) in [5.41, 5.74) is 2.72. The van der Waals surface area contributed by atoms with Crippen LogP contribution >= 0.6 is 34.8 Å². The Kier molecular flexibility index (Phi) is 6.17. The average Bonchev–Trinajstić information content (AvgIpc) is 2.46. The summed E-state index contributed by atoms with van der Waals surface area (Å²) in [6, 6.07) is 17.0. The van der Waals surface area contributed by atoms with Crippen LogP contribution in [0.4, 0.5) is 5.69 Å². The molecule has 3 nitrogen and oxygen atoms in total. The number of amides is 1. The van der Waals surface area contributed by atoms with Gasteiger partial charge in [0.1, 0.15) is 6.17 Å². The molecule has 0 saturated carbocycles. The van der Waals surface area contributed by atoms with Gasteiger partial charge in [-0.15, -0.1) is 0 Å². The van der Waals surface area contributed by atoms with Crippen molar-refractivity contribution in [3.63, 3.8) is 0 Å². The number of nitrogens with one attached hydrogen (secondary N) is 2. The van der Waals surface area contributed by atoms with E-state index in [9.17, 15) is 4.79 Å². The van der Waals surface area contributed by atoms with E-state index in [1.165, 1.54) is 0 Å². The van der Waals surface area contributed by atoms with Crippen molar-refractivity contribution in [3.8, 4) is 0 Å². The molecular weight excluding hydrogens is 355 g/mol. The molecule has 0 fully saturated rings. The Morgan fingerprint density at radius 1 is 1.09 bits per heavy atom. The van der Waals surface area contributed by atoms with E-state index in [0.717, 1.165) is 16.8 Å². The highest BCUT2D eigenvalue weighted by Crippen LogP contribution is 2.31. The zero-order chi connectivity index (χ0) is 16.9. The number of hydrogen-bond donors (Lipinski definition) is 2. The minimum Gasteiger partial charge on any atom is -0.362 e. The van der Waals surface area contributed by atoms with Crippen LogP contribution < -0.4 is 10.6 Å². The largest absolute Gasteiger partial charge is 0.362 e. The fourth-order valence-corrected chi connectivity index (χ4v) is 2.42. The van der Waals surface area contributed by atoms with Crippen molar-refractivity contribution < 1.29 is 4.79 Å². The standard InChI is InChI=1S/C17H17Cl3N2O/c1-12-6-5-9-14(10-12)21-16(17(18,19)20)22-15(23)11-13-7-3-2-4-8-13/h2-10,16,21H,11H2,1H3,(H,22,23)/t16-/m1/s1. The van der Waals surface area contributed by atoms with Gasteiger partial charge >= 0.3 is 0 Å². The molecule has 0 heterocycles. The fraction of sp³-hybridized carbons (Fsp3) is 0.235. The van der Waals surface area contributed by atoms with Crippen LogP contribution in [-0.4, -0.2) is 15.9 Å². The van der Waals surface area contributed by atoms with Gasteiger partial charge in [0.05, 0.1) is 6.42 Å². The number of carbonyl (C=O) groups excluding carboxylic acids is 1. The summed E-state index contributed by atoms with van der Waals surface area (Å²) in [7, 11) is 0. The summed E-state index contributed by atoms with van der Waals surface area (Å²) in [4.78, 5) is 12.2. The van der Waals surface area contributed by atoms with Gasteiger partial charge in [0.15, 0.2) is 0 Å². The Bertz CT molecular complexity index is 656. The van der Waals surface area contributed by atoms with E-state index in [0.29, 0.717) is 0 Å². The maximum Gasteiger partial charge on any atom is 0.228 e. The summed E-state index contributed by atoms with van der Waals surface area (Å²) in [6.07, 6.45) is -0.626. The van der Waals surface area contributed by atoms with Crippen LogP contribution in [0.3, 0.4) is 0 Å². The molecular formula is C17H17Cl3N2O. The summed E-state index contributed by atoms with van der Waals surface area (Å²) >= 11 is 18.0. The van der Waals surface area contributed by atoms with Gasteiger partial charge in [-0.2, -0.15) is 0 Å². The zero-order valence-corrected chi connectivity index (χ0v) is 14.8. The van der Waals surface area contributed by atoms with Crippen molar-refractivity contribution in [1.82, 2.24) is 5.32 Å². The van der Waals surface area contributed by atoms with Crippen molar-refractivity contribution >= 4 is 46.4 Å². The number of carbonyl (C=O) groups is 1. The first-order valence-electron chi connectivity index (χ1n) is 7.08. The van der Waals surface area contributed by atoms with Crippen molar-refractivity contribution in [2.45, 2.75) is 23.3 Å². The molecule has 0 unspecified atom stereocenters. The van der Waals surface area contributed by atoms with Crippen molar-refractivity contribution in [1.29, 1.82) is 0 Å². The molecule has 23 heavy (non-hydrogen) atoms. The molecule has 2 aromatic carbocycles.